The first-order valence-corrected chi connectivity index (χ1v) is 6.21. The molecule has 1 saturated heterocycles. The number of piperazine rings is 1. The van der Waals surface area contributed by atoms with Crippen LogP contribution < -0.4 is 16.0 Å². The molecule has 1 amide bonds. The molecule has 2 heterocycles. The average Bonchev–Trinajstić information content (AvgIpc) is 2.38. The number of anilines is 1. The van der Waals surface area contributed by atoms with Crippen molar-refractivity contribution in [3.05, 3.63) is 18.1 Å². The molecule has 96 valence electrons. The van der Waals surface area contributed by atoms with Crippen molar-refractivity contribution in [2.75, 3.05) is 18.0 Å². The third kappa shape index (κ3) is 2.26. The molecule has 0 saturated carbocycles. The molecule has 1 aliphatic heterocycles. The molecule has 1 aromatic rings. The second kappa shape index (κ2) is 5.26. The molecule has 1 aromatic heterocycles. The normalized spacial score (nSPS) is 19.5. The van der Waals surface area contributed by atoms with Gasteiger partial charge in [0.1, 0.15) is 16.7 Å². The fourth-order valence-corrected chi connectivity index (χ4v) is 2.23. The summed E-state index contributed by atoms with van der Waals surface area (Å²) in [6.45, 7) is 3.22. The number of nitrogens with one attached hydrogen (secondary N) is 1. The average molecular weight is 265 g/mol. The zero-order valence-corrected chi connectivity index (χ0v) is 10.9. The van der Waals surface area contributed by atoms with Crippen LogP contribution in [0.3, 0.4) is 0 Å². The fraction of sp³-hybridized carbons (Fsp3) is 0.455. The maximum atomic E-state index is 11.8. The lowest BCUT2D eigenvalue weighted by molar-refractivity contribution is -0.123. The SMILES string of the molecule is CCC1C(=O)NCCN1c1nccnc1C(N)=S. The van der Waals surface area contributed by atoms with Gasteiger partial charge in [0.05, 0.1) is 0 Å². The zero-order chi connectivity index (χ0) is 13.1. The van der Waals surface area contributed by atoms with Crippen molar-refractivity contribution in [2.24, 2.45) is 5.73 Å². The molecule has 0 aromatic carbocycles. The molecule has 1 unspecified atom stereocenters. The highest BCUT2D eigenvalue weighted by Gasteiger charge is 2.30. The van der Waals surface area contributed by atoms with Gasteiger partial charge in [-0.1, -0.05) is 19.1 Å². The van der Waals surface area contributed by atoms with Crippen LogP contribution >= 0.6 is 12.2 Å². The van der Waals surface area contributed by atoms with Crippen LogP contribution in [0.5, 0.6) is 0 Å². The second-order valence-corrected chi connectivity index (χ2v) is 4.44. The van der Waals surface area contributed by atoms with E-state index in [9.17, 15) is 4.79 Å². The number of carbonyl (C=O) groups excluding carboxylic acids is 1. The van der Waals surface area contributed by atoms with Gasteiger partial charge in [0.25, 0.3) is 0 Å². The van der Waals surface area contributed by atoms with Crippen LogP contribution in [0.2, 0.25) is 0 Å². The van der Waals surface area contributed by atoms with Gasteiger partial charge in [-0.25, -0.2) is 9.97 Å². The lowest BCUT2D eigenvalue weighted by Gasteiger charge is -2.35. The molecule has 7 heteroatoms. The van der Waals surface area contributed by atoms with E-state index in [0.717, 1.165) is 0 Å². The first-order chi connectivity index (χ1) is 8.65. The first kappa shape index (κ1) is 12.7. The van der Waals surface area contributed by atoms with E-state index in [1.807, 2.05) is 11.8 Å². The van der Waals surface area contributed by atoms with Crippen LogP contribution in [0.1, 0.15) is 19.0 Å². The molecule has 0 aliphatic carbocycles. The van der Waals surface area contributed by atoms with E-state index in [1.165, 1.54) is 0 Å². The Bertz CT molecular complexity index is 478. The van der Waals surface area contributed by atoms with Crippen molar-refractivity contribution in [1.82, 2.24) is 15.3 Å². The Hall–Kier alpha value is -1.76. The summed E-state index contributed by atoms with van der Waals surface area (Å²) in [4.78, 5) is 22.4. The van der Waals surface area contributed by atoms with Gasteiger partial charge in [0.2, 0.25) is 5.91 Å². The Labute approximate surface area is 111 Å². The number of nitrogens with zero attached hydrogens (tertiary/aromatic N) is 3. The van der Waals surface area contributed by atoms with Crippen LogP contribution in [0.4, 0.5) is 5.82 Å². The molecule has 0 bridgehead atoms. The number of amides is 1. The number of aromatic nitrogens is 2. The third-order valence-electron chi connectivity index (χ3n) is 2.90. The van der Waals surface area contributed by atoms with Crippen LogP contribution in [-0.4, -0.2) is 40.0 Å². The summed E-state index contributed by atoms with van der Waals surface area (Å²) in [6, 6.07) is -0.247. The van der Waals surface area contributed by atoms with Gasteiger partial charge in [-0.2, -0.15) is 0 Å². The van der Waals surface area contributed by atoms with Gasteiger partial charge in [-0.15, -0.1) is 0 Å². The minimum Gasteiger partial charge on any atom is -0.388 e. The Balaban J connectivity index is 2.40. The van der Waals surface area contributed by atoms with Crippen LogP contribution in [0, 0.1) is 0 Å². The molecule has 0 spiro atoms. The van der Waals surface area contributed by atoms with Gasteiger partial charge in [0, 0.05) is 25.5 Å². The lowest BCUT2D eigenvalue weighted by atomic mass is 10.1. The number of hydrogen-bond donors (Lipinski definition) is 2. The Morgan fingerprint density at radius 1 is 1.61 bits per heavy atom. The summed E-state index contributed by atoms with van der Waals surface area (Å²) in [5, 5.41) is 2.84. The zero-order valence-electron chi connectivity index (χ0n) is 10.1. The van der Waals surface area contributed by atoms with Crippen molar-refractivity contribution < 1.29 is 4.79 Å². The highest BCUT2D eigenvalue weighted by Crippen LogP contribution is 2.20. The van der Waals surface area contributed by atoms with Gasteiger partial charge >= 0.3 is 0 Å². The van der Waals surface area contributed by atoms with Crippen molar-refractivity contribution in [1.29, 1.82) is 0 Å². The smallest absolute Gasteiger partial charge is 0.242 e. The molecule has 0 radical (unpaired) electrons. The Morgan fingerprint density at radius 2 is 2.33 bits per heavy atom. The molecular weight excluding hydrogens is 250 g/mol. The predicted octanol–water partition coefficient (Wildman–Crippen LogP) is -0.174. The predicted molar refractivity (Wildman–Crippen MR) is 72.4 cm³/mol. The minimum absolute atomic E-state index is 0.00305. The summed E-state index contributed by atoms with van der Waals surface area (Å²) < 4.78 is 0. The molecule has 18 heavy (non-hydrogen) atoms. The van der Waals surface area contributed by atoms with E-state index in [4.69, 9.17) is 18.0 Å². The van der Waals surface area contributed by atoms with Crippen LogP contribution in [0.25, 0.3) is 0 Å². The molecule has 2 rings (SSSR count). The Kier molecular flexibility index (Phi) is 3.71. The quantitative estimate of drug-likeness (QED) is 0.738. The maximum absolute atomic E-state index is 11.8. The number of rotatable bonds is 3. The molecule has 3 N–H and O–H groups in total. The van der Waals surface area contributed by atoms with E-state index in [0.29, 0.717) is 31.0 Å². The van der Waals surface area contributed by atoms with Gasteiger partial charge in [0.15, 0.2) is 5.82 Å². The van der Waals surface area contributed by atoms with Crippen molar-refractivity contribution in [2.45, 2.75) is 19.4 Å². The van der Waals surface area contributed by atoms with Gasteiger partial charge < -0.3 is 16.0 Å². The van der Waals surface area contributed by atoms with E-state index in [2.05, 4.69) is 15.3 Å². The monoisotopic (exact) mass is 265 g/mol. The van der Waals surface area contributed by atoms with Crippen molar-refractivity contribution in [3.63, 3.8) is 0 Å². The summed E-state index contributed by atoms with van der Waals surface area (Å²) in [5.41, 5.74) is 6.12. The second-order valence-electron chi connectivity index (χ2n) is 4.00. The molecular formula is C11H15N5OS. The Morgan fingerprint density at radius 3 is 3.00 bits per heavy atom. The number of nitrogens with two attached hydrogens (primary N) is 1. The highest BCUT2D eigenvalue weighted by molar-refractivity contribution is 7.80. The molecule has 1 atom stereocenters. The first-order valence-electron chi connectivity index (χ1n) is 5.80. The topological polar surface area (TPSA) is 84.1 Å². The standard InChI is InChI=1S/C11H15N5OS/c1-2-7-11(17)15-5-6-16(7)10-8(9(12)18)13-3-4-14-10/h3-4,7H,2,5-6H2,1H3,(H2,12,18)(H,15,17). The minimum atomic E-state index is -0.247. The summed E-state index contributed by atoms with van der Waals surface area (Å²) in [5.74, 6) is 0.593. The highest BCUT2D eigenvalue weighted by atomic mass is 32.1. The third-order valence-corrected chi connectivity index (χ3v) is 3.10. The van der Waals surface area contributed by atoms with E-state index in [1.54, 1.807) is 12.4 Å². The van der Waals surface area contributed by atoms with Crippen molar-refractivity contribution in [3.8, 4) is 0 Å². The number of thiocarbonyl (C=S) groups is 1. The van der Waals surface area contributed by atoms with Gasteiger partial charge in [-0.05, 0) is 6.42 Å². The van der Waals surface area contributed by atoms with E-state index < -0.39 is 0 Å². The number of carbonyl (C=O) groups is 1. The summed E-state index contributed by atoms with van der Waals surface area (Å²) in [7, 11) is 0. The van der Waals surface area contributed by atoms with Gasteiger partial charge in [-0.3, -0.25) is 4.79 Å². The molecule has 1 fully saturated rings. The molecule has 6 nitrogen and oxygen atoms in total. The van der Waals surface area contributed by atoms with E-state index in [-0.39, 0.29) is 16.9 Å². The lowest BCUT2D eigenvalue weighted by Crippen LogP contribution is -2.55. The molecule has 1 aliphatic rings. The summed E-state index contributed by atoms with van der Waals surface area (Å²) in [6.07, 6.45) is 3.82. The van der Waals surface area contributed by atoms with E-state index >= 15 is 0 Å². The summed E-state index contributed by atoms with van der Waals surface area (Å²) >= 11 is 4.97. The van der Waals surface area contributed by atoms with Crippen LogP contribution in [0.15, 0.2) is 12.4 Å². The fourth-order valence-electron chi connectivity index (χ4n) is 2.09. The number of hydrogen-bond acceptors (Lipinski definition) is 5. The van der Waals surface area contributed by atoms with Crippen LogP contribution in [-0.2, 0) is 4.79 Å². The maximum Gasteiger partial charge on any atom is 0.242 e. The largest absolute Gasteiger partial charge is 0.388 e. The van der Waals surface area contributed by atoms with Crippen molar-refractivity contribution >= 4 is 28.9 Å².